The van der Waals surface area contributed by atoms with Crippen molar-refractivity contribution in [2.24, 2.45) is 5.92 Å². The fraction of sp³-hybridized carbons (Fsp3) is 0.667. The van der Waals surface area contributed by atoms with Crippen LogP contribution in [0.1, 0.15) is 30.9 Å². The van der Waals surface area contributed by atoms with Crippen molar-refractivity contribution >= 4 is 11.7 Å². The molecule has 1 saturated heterocycles. The van der Waals surface area contributed by atoms with Gasteiger partial charge < -0.3 is 9.80 Å². The van der Waals surface area contributed by atoms with Crippen molar-refractivity contribution in [2.75, 3.05) is 31.1 Å². The second-order valence-corrected chi connectivity index (χ2v) is 6.50. The lowest BCUT2D eigenvalue weighted by atomic mass is 10.2. The van der Waals surface area contributed by atoms with Crippen LogP contribution in [0.2, 0.25) is 0 Å². The third-order valence-electron chi connectivity index (χ3n) is 4.78. The van der Waals surface area contributed by atoms with E-state index < -0.39 is 17.7 Å². The van der Waals surface area contributed by atoms with Gasteiger partial charge in [-0.15, -0.1) is 0 Å². The first-order chi connectivity index (χ1) is 11.0. The number of aromatic nitrogens is 2. The standard InChI is InChI=1S/C15H17F3N4O/c16-11-12(9-1-2-9)19-8-20-13(11)21-3-5-22(6-4-21)14(23)10-7-15(10,17)18/h8-10H,1-7H2. The van der Waals surface area contributed by atoms with Crippen LogP contribution in [0.25, 0.3) is 0 Å². The van der Waals surface area contributed by atoms with Gasteiger partial charge in [-0.25, -0.2) is 23.1 Å². The molecule has 1 aromatic heterocycles. The van der Waals surface area contributed by atoms with Gasteiger partial charge in [0.2, 0.25) is 5.91 Å². The normalized spacial score (nSPS) is 26.3. The molecule has 4 rings (SSSR count). The molecule has 0 radical (unpaired) electrons. The molecule has 3 aliphatic rings. The van der Waals surface area contributed by atoms with E-state index >= 15 is 0 Å². The second-order valence-electron chi connectivity index (χ2n) is 6.50. The van der Waals surface area contributed by atoms with Gasteiger partial charge >= 0.3 is 0 Å². The van der Waals surface area contributed by atoms with Crippen molar-refractivity contribution < 1.29 is 18.0 Å². The van der Waals surface area contributed by atoms with Crippen molar-refractivity contribution in [1.29, 1.82) is 0 Å². The Morgan fingerprint density at radius 1 is 1.17 bits per heavy atom. The maximum Gasteiger partial charge on any atom is 0.260 e. The predicted molar refractivity (Wildman–Crippen MR) is 75.8 cm³/mol. The van der Waals surface area contributed by atoms with Crippen molar-refractivity contribution in [1.82, 2.24) is 14.9 Å². The molecule has 2 heterocycles. The zero-order chi connectivity index (χ0) is 16.2. The summed E-state index contributed by atoms with van der Waals surface area (Å²) in [7, 11) is 0. The Kier molecular flexibility index (Phi) is 3.24. The summed E-state index contributed by atoms with van der Waals surface area (Å²) in [5.41, 5.74) is 0.464. The minimum Gasteiger partial charge on any atom is -0.351 e. The average molecular weight is 326 g/mol. The quantitative estimate of drug-likeness (QED) is 0.850. The molecule has 0 N–H and O–H groups in total. The molecule has 2 aliphatic carbocycles. The highest BCUT2D eigenvalue weighted by Gasteiger charge is 2.62. The predicted octanol–water partition coefficient (Wildman–Crippen LogP) is 1.80. The van der Waals surface area contributed by atoms with Crippen LogP contribution < -0.4 is 4.90 Å². The molecule has 1 amide bonds. The summed E-state index contributed by atoms with van der Waals surface area (Å²) in [5.74, 6) is -4.43. The number of hydrogen-bond acceptors (Lipinski definition) is 4. The molecule has 124 valence electrons. The van der Waals surface area contributed by atoms with Crippen LogP contribution in [0.15, 0.2) is 6.33 Å². The van der Waals surface area contributed by atoms with Crippen LogP contribution in [-0.4, -0.2) is 52.9 Å². The summed E-state index contributed by atoms with van der Waals surface area (Å²) in [6, 6.07) is 0. The SMILES string of the molecule is O=C(C1CC1(F)F)N1CCN(c2ncnc(C3CC3)c2F)CC1. The summed E-state index contributed by atoms with van der Waals surface area (Å²) in [6.45, 7) is 1.41. The largest absolute Gasteiger partial charge is 0.351 e. The Morgan fingerprint density at radius 3 is 2.39 bits per heavy atom. The lowest BCUT2D eigenvalue weighted by molar-refractivity contribution is -0.135. The van der Waals surface area contributed by atoms with E-state index in [1.54, 1.807) is 4.90 Å². The number of carbonyl (C=O) groups is 1. The molecule has 1 aromatic rings. The summed E-state index contributed by atoms with van der Waals surface area (Å²) < 4.78 is 40.5. The van der Waals surface area contributed by atoms with Gasteiger partial charge in [-0.05, 0) is 12.8 Å². The molecule has 2 saturated carbocycles. The summed E-state index contributed by atoms with van der Waals surface area (Å²) in [5, 5.41) is 0. The zero-order valence-corrected chi connectivity index (χ0v) is 12.5. The van der Waals surface area contributed by atoms with Crippen molar-refractivity contribution in [3.63, 3.8) is 0 Å². The van der Waals surface area contributed by atoms with Gasteiger partial charge in [0, 0.05) is 38.5 Å². The molecule has 5 nitrogen and oxygen atoms in total. The Morgan fingerprint density at radius 2 is 1.83 bits per heavy atom. The number of piperazine rings is 1. The van der Waals surface area contributed by atoms with E-state index in [1.807, 2.05) is 0 Å². The molecular weight excluding hydrogens is 309 g/mol. The fourth-order valence-electron chi connectivity index (χ4n) is 3.08. The molecule has 3 fully saturated rings. The maximum absolute atomic E-state index is 14.5. The molecule has 23 heavy (non-hydrogen) atoms. The molecule has 1 unspecified atom stereocenters. The van der Waals surface area contributed by atoms with Crippen LogP contribution in [-0.2, 0) is 4.79 Å². The molecule has 1 atom stereocenters. The lowest BCUT2D eigenvalue weighted by Gasteiger charge is -2.35. The third kappa shape index (κ3) is 2.64. The highest BCUT2D eigenvalue weighted by Crippen LogP contribution is 2.49. The van der Waals surface area contributed by atoms with Crippen LogP contribution in [0.5, 0.6) is 0 Å². The number of nitrogens with zero attached hydrogens (tertiary/aromatic N) is 4. The highest BCUT2D eigenvalue weighted by molar-refractivity contribution is 5.83. The highest BCUT2D eigenvalue weighted by atomic mass is 19.3. The minimum absolute atomic E-state index is 0.191. The van der Waals surface area contributed by atoms with Crippen molar-refractivity contribution in [3.8, 4) is 0 Å². The number of anilines is 1. The van der Waals surface area contributed by atoms with Crippen LogP contribution in [0.4, 0.5) is 19.0 Å². The fourth-order valence-corrected chi connectivity index (χ4v) is 3.08. The van der Waals surface area contributed by atoms with E-state index in [-0.39, 0.29) is 24.0 Å². The summed E-state index contributed by atoms with van der Waals surface area (Å²) in [6.07, 6.45) is 2.92. The van der Waals surface area contributed by atoms with Crippen LogP contribution >= 0.6 is 0 Å². The summed E-state index contributed by atoms with van der Waals surface area (Å²) >= 11 is 0. The minimum atomic E-state index is -2.84. The molecule has 1 aliphatic heterocycles. The number of rotatable bonds is 3. The van der Waals surface area contributed by atoms with E-state index in [2.05, 4.69) is 9.97 Å². The number of amides is 1. The monoisotopic (exact) mass is 326 g/mol. The Hall–Kier alpha value is -1.86. The van der Waals surface area contributed by atoms with Gasteiger partial charge in [-0.2, -0.15) is 0 Å². The van der Waals surface area contributed by atoms with Gasteiger partial charge in [-0.1, -0.05) is 0 Å². The van der Waals surface area contributed by atoms with Crippen LogP contribution in [0.3, 0.4) is 0 Å². The first kappa shape index (κ1) is 14.7. The molecule has 0 aromatic carbocycles. The van der Waals surface area contributed by atoms with E-state index in [0.29, 0.717) is 31.9 Å². The smallest absolute Gasteiger partial charge is 0.260 e. The first-order valence-corrected chi connectivity index (χ1v) is 7.89. The van der Waals surface area contributed by atoms with Gasteiger partial charge in [0.05, 0.1) is 5.69 Å². The van der Waals surface area contributed by atoms with Gasteiger partial charge in [0.1, 0.15) is 12.2 Å². The Bertz CT molecular complexity index is 642. The number of halogens is 3. The second kappa shape index (κ2) is 5.07. The maximum atomic E-state index is 14.5. The van der Waals surface area contributed by atoms with E-state index in [1.165, 1.54) is 11.2 Å². The lowest BCUT2D eigenvalue weighted by Crippen LogP contribution is -2.50. The van der Waals surface area contributed by atoms with Crippen molar-refractivity contribution in [2.45, 2.75) is 31.1 Å². The van der Waals surface area contributed by atoms with Gasteiger partial charge in [-0.3, -0.25) is 4.79 Å². The van der Waals surface area contributed by atoms with Gasteiger partial charge in [0.25, 0.3) is 5.92 Å². The van der Waals surface area contributed by atoms with E-state index in [0.717, 1.165) is 12.8 Å². The van der Waals surface area contributed by atoms with Crippen molar-refractivity contribution in [3.05, 3.63) is 17.8 Å². The van der Waals surface area contributed by atoms with Crippen LogP contribution in [0, 0.1) is 11.7 Å². The molecule has 0 spiro atoms. The molecular formula is C15H17F3N4O. The number of alkyl halides is 2. The topological polar surface area (TPSA) is 49.3 Å². The first-order valence-electron chi connectivity index (χ1n) is 7.89. The Labute approximate surface area is 131 Å². The third-order valence-corrected chi connectivity index (χ3v) is 4.78. The number of hydrogen-bond donors (Lipinski definition) is 0. The zero-order valence-electron chi connectivity index (χ0n) is 12.5. The molecule has 0 bridgehead atoms. The Balaban J connectivity index is 1.42. The summed E-state index contributed by atoms with van der Waals surface area (Å²) in [4.78, 5) is 23.2. The van der Waals surface area contributed by atoms with E-state index in [4.69, 9.17) is 0 Å². The average Bonchev–Trinajstić information content (AvgIpc) is 3.44. The van der Waals surface area contributed by atoms with Gasteiger partial charge in [0.15, 0.2) is 11.6 Å². The molecule has 8 heteroatoms. The number of carbonyl (C=O) groups excluding carboxylic acids is 1. The van der Waals surface area contributed by atoms with E-state index in [9.17, 15) is 18.0 Å².